The quantitative estimate of drug-likeness (QED) is 0.572. The van der Waals surface area contributed by atoms with Crippen molar-refractivity contribution in [3.05, 3.63) is 47.3 Å². The number of pyridine rings is 1. The van der Waals surface area contributed by atoms with Crippen LogP contribution in [0.1, 0.15) is 12.0 Å². The lowest BCUT2D eigenvalue weighted by molar-refractivity contribution is -0.872. The van der Waals surface area contributed by atoms with Crippen LogP contribution in [-0.4, -0.2) is 42.2 Å². The molecule has 2 heterocycles. The molecule has 7 heteroatoms. The molecule has 2 rings (SSSR count). The van der Waals surface area contributed by atoms with E-state index in [0.717, 1.165) is 13.0 Å². The van der Waals surface area contributed by atoms with Crippen LogP contribution in [0.2, 0.25) is 5.15 Å². The predicted octanol–water partition coefficient (Wildman–Crippen LogP) is -0.586. The van der Waals surface area contributed by atoms with E-state index in [9.17, 15) is 14.7 Å². The average Bonchev–Trinajstić information content (AvgIpc) is 2.46. The third kappa shape index (κ3) is 7.01. The topological polar surface area (TPSA) is 94.8 Å². The highest BCUT2D eigenvalue weighted by Crippen LogP contribution is 2.15. The first-order valence-electron chi connectivity index (χ1n) is 6.62. The summed E-state index contributed by atoms with van der Waals surface area (Å²) in [5, 5.41) is 17.8. The molecule has 0 radical (unpaired) electrons. The molecule has 0 aliphatic carbocycles. The number of nitrogens with one attached hydrogen (secondary N) is 1. The number of aliphatic carboxylic acids is 2. The Balaban J connectivity index is 0.000000261. The molecule has 118 valence electrons. The van der Waals surface area contributed by atoms with Crippen LogP contribution >= 0.6 is 11.6 Å². The van der Waals surface area contributed by atoms with Crippen molar-refractivity contribution in [2.24, 2.45) is 0 Å². The summed E-state index contributed by atoms with van der Waals surface area (Å²) in [6, 6.07) is 3.89. The lowest BCUT2D eigenvalue weighted by Crippen LogP contribution is -3.09. The molecule has 2 N–H and O–H groups in total. The van der Waals surface area contributed by atoms with E-state index in [2.05, 4.69) is 18.1 Å². The molecule has 1 aliphatic heterocycles. The zero-order valence-electron chi connectivity index (χ0n) is 12.1. The normalized spacial score (nSPS) is 17.4. The standard InChI is InChI=1S/C11H13ClN2.C4H4O4/c1-14-6-2-3-10(8-14)9-4-5-11(12)13-7-9;5-3(6)1-2-4(7)8/h3-5,7H,2,6,8H2,1H3;1-2H,(H,5,6)(H,7,8)/b;2-1-. The Hall–Kier alpha value is -2.18. The fourth-order valence-electron chi connectivity index (χ4n) is 1.90. The van der Waals surface area contributed by atoms with E-state index in [1.807, 2.05) is 18.3 Å². The van der Waals surface area contributed by atoms with Gasteiger partial charge < -0.3 is 19.9 Å². The Bertz CT molecular complexity index is 566. The van der Waals surface area contributed by atoms with Crippen molar-refractivity contribution < 1.29 is 24.7 Å². The SMILES string of the molecule is C[NH+]1CCC=C(c2ccc(Cl)nc2)C1.O=C([O-])/C=C\C(=O)O. The van der Waals surface area contributed by atoms with Crippen LogP contribution in [0.4, 0.5) is 0 Å². The minimum Gasteiger partial charge on any atom is -0.545 e. The molecule has 0 saturated carbocycles. The van der Waals surface area contributed by atoms with Crippen molar-refractivity contribution in [2.75, 3.05) is 20.1 Å². The summed E-state index contributed by atoms with van der Waals surface area (Å²) in [5.41, 5.74) is 2.59. The van der Waals surface area contributed by atoms with Crippen LogP contribution in [0, 0.1) is 0 Å². The summed E-state index contributed by atoms with van der Waals surface area (Å²) in [4.78, 5) is 24.6. The molecule has 22 heavy (non-hydrogen) atoms. The molecular formula is C15H17ClN2O4. The van der Waals surface area contributed by atoms with Gasteiger partial charge in [0.25, 0.3) is 0 Å². The van der Waals surface area contributed by atoms with Gasteiger partial charge in [0.05, 0.1) is 19.6 Å². The number of carbonyl (C=O) groups is 2. The summed E-state index contributed by atoms with van der Waals surface area (Å²) in [6.07, 6.45) is 6.26. The van der Waals surface area contributed by atoms with Crippen LogP contribution in [0.5, 0.6) is 0 Å². The largest absolute Gasteiger partial charge is 0.545 e. The van der Waals surface area contributed by atoms with Gasteiger partial charge in [0.1, 0.15) is 11.7 Å². The second-order valence-corrected chi connectivity index (χ2v) is 5.15. The summed E-state index contributed by atoms with van der Waals surface area (Å²) < 4.78 is 0. The minimum absolute atomic E-state index is 0.447. The second-order valence-electron chi connectivity index (χ2n) is 4.76. The average molecular weight is 325 g/mol. The summed E-state index contributed by atoms with van der Waals surface area (Å²) >= 11 is 5.74. The Kier molecular flexibility index (Phi) is 7.28. The molecule has 1 unspecified atom stereocenters. The number of carbonyl (C=O) groups excluding carboxylic acids is 1. The highest BCUT2D eigenvalue weighted by molar-refractivity contribution is 6.29. The van der Waals surface area contributed by atoms with Gasteiger partial charge in [0.15, 0.2) is 0 Å². The maximum Gasteiger partial charge on any atom is 0.328 e. The van der Waals surface area contributed by atoms with Crippen LogP contribution in [0.15, 0.2) is 36.6 Å². The molecule has 0 fully saturated rings. The number of likely N-dealkylation sites (N-methyl/N-ethyl adjacent to an activating group) is 1. The maximum absolute atomic E-state index is 9.53. The van der Waals surface area contributed by atoms with Crippen molar-refractivity contribution in [1.29, 1.82) is 0 Å². The number of aromatic nitrogens is 1. The maximum atomic E-state index is 9.53. The lowest BCUT2D eigenvalue weighted by atomic mass is 10.0. The highest BCUT2D eigenvalue weighted by Gasteiger charge is 2.13. The number of carboxylic acids is 2. The van der Waals surface area contributed by atoms with Crippen LogP contribution in [0.25, 0.3) is 5.57 Å². The van der Waals surface area contributed by atoms with Gasteiger partial charge >= 0.3 is 5.97 Å². The van der Waals surface area contributed by atoms with E-state index in [1.165, 1.54) is 17.7 Å². The number of rotatable bonds is 3. The van der Waals surface area contributed by atoms with E-state index in [-0.39, 0.29) is 0 Å². The van der Waals surface area contributed by atoms with Gasteiger partial charge in [-0.1, -0.05) is 17.7 Å². The van der Waals surface area contributed by atoms with Crippen molar-refractivity contribution in [3.63, 3.8) is 0 Å². The van der Waals surface area contributed by atoms with Crippen molar-refractivity contribution in [1.82, 2.24) is 4.98 Å². The fourth-order valence-corrected chi connectivity index (χ4v) is 2.02. The van der Waals surface area contributed by atoms with Crippen LogP contribution in [-0.2, 0) is 9.59 Å². The molecule has 1 atom stereocenters. The first kappa shape index (κ1) is 17.9. The van der Waals surface area contributed by atoms with Gasteiger partial charge in [0, 0.05) is 29.8 Å². The predicted molar refractivity (Wildman–Crippen MR) is 80.2 cm³/mol. The molecule has 0 spiro atoms. The van der Waals surface area contributed by atoms with Gasteiger partial charge in [-0.05, 0) is 18.2 Å². The van der Waals surface area contributed by atoms with Crippen molar-refractivity contribution >= 4 is 29.1 Å². The van der Waals surface area contributed by atoms with E-state index in [4.69, 9.17) is 16.7 Å². The van der Waals surface area contributed by atoms with Gasteiger partial charge in [-0.3, -0.25) is 0 Å². The third-order valence-corrected chi connectivity index (χ3v) is 3.14. The first-order valence-corrected chi connectivity index (χ1v) is 7.00. The number of halogens is 1. The number of nitrogens with zero attached hydrogens (tertiary/aromatic N) is 1. The van der Waals surface area contributed by atoms with Crippen molar-refractivity contribution in [2.45, 2.75) is 6.42 Å². The Labute approximate surface area is 133 Å². The smallest absolute Gasteiger partial charge is 0.328 e. The summed E-state index contributed by atoms with van der Waals surface area (Å²) in [6.45, 7) is 2.31. The molecular weight excluding hydrogens is 308 g/mol. The molecule has 1 aromatic heterocycles. The minimum atomic E-state index is -1.51. The van der Waals surface area contributed by atoms with E-state index in [1.54, 1.807) is 4.90 Å². The summed E-state index contributed by atoms with van der Waals surface area (Å²) in [5.74, 6) is -2.80. The van der Waals surface area contributed by atoms with Gasteiger partial charge in [-0.15, -0.1) is 0 Å². The number of quaternary nitrogens is 1. The fraction of sp³-hybridized carbons (Fsp3) is 0.267. The van der Waals surface area contributed by atoms with E-state index >= 15 is 0 Å². The number of carboxylic acid groups (broad SMARTS) is 2. The molecule has 0 aromatic carbocycles. The molecule has 6 nitrogen and oxygen atoms in total. The highest BCUT2D eigenvalue weighted by atomic mass is 35.5. The number of hydrogen-bond acceptors (Lipinski definition) is 4. The Morgan fingerprint density at radius 3 is 2.59 bits per heavy atom. The van der Waals surface area contributed by atoms with Crippen LogP contribution in [0.3, 0.4) is 0 Å². The van der Waals surface area contributed by atoms with E-state index in [0.29, 0.717) is 17.3 Å². The molecule has 0 saturated heterocycles. The van der Waals surface area contributed by atoms with Gasteiger partial charge in [-0.25, -0.2) is 9.78 Å². The van der Waals surface area contributed by atoms with Gasteiger partial charge in [0.2, 0.25) is 0 Å². The first-order chi connectivity index (χ1) is 10.4. The monoisotopic (exact) mass is 324 g/mol. The number of hydrogen-bond donors (Lipinski definition) is 2. The third-order valence-electron chi connectivity index (χ3n) is 2.91. The summed E-state index contributed by atoms with van der Waals surface area (Å²) in [7, 11) is 2.22. The molecule has 0 bridgehead atoms. The Morgan fingerprint density at radius 1 is 1.41 bits per heavy atom. The second kappa shape index (κ2) is 8.96. The lowest BCUT2D eigenvalue weighted by Gasteiger charge is -2.20. The van der Waals surface area contributed by atoms with Crippen molar-refractivity contribution in [3.8, 4) is 0 Å². The molecule has 1 aromatic rings. The zero-order valence-corrected chi connectivity index (χ0v) is 12.8. The Morgan fingerprint density at radius 2 is 2.14 bits per heavy atom. The molecule has 0 amide bonds. The zero-order chi connectivity index (χ0) is 16.5. The van der Waals surface area contributed by atoms with E-state index < -0.39 is 11.9 Å². The molecule has 1 aliphatic rings. The van der Waals surface area contributed by atoms with Crippen LogP contribution < -0.4 is 10.0 Å². The van der Waals surface area contributed by atoms with Gasteiger partial charge in [-0.2, -0.15) is 0 Å².